The van der Waals surface area contributed by atoms with E-state index in [1.807, 2.05) is 32.0 Å². The average molecular weight is 231 g/mol. The van der Waals surface area contributed by atoms with Crippen molar-refractivity contribution in [2.75, 3.05) is 6.61 Å². The van der Waals surface area contributed by atoms with Gasteiger partial charge in [0.1, 0.15) is 0 Å². The summed E-state index contributed by atoms with van der Waals surface area (Å²) in [4.78, 5) is 0. The number of nitrogens with zero attached hydrogens (tertiary/aromatic N) is 1. The highest BCUT2D eigenvalue weighted by Crippen LogP contribution is 2.22. The highest BCUT2D eigenvalue weighted by atomic mass is 16.5. The van der Waals surface area contributed by atoms with E-state index in [1.54, 1.807) is 0 Å². The molecule has 0 N–H and O–H groups in total. The Morgan fingerprint density at radius 3 is 2.53 bits per heavy atom. The van der Waals surface area contributed by atoms with Crippen LogP contribution in [0.25, 0.3) is 0 Å². The van der Waals surface area contributed by atoms with Crippen LogP contribution in [-0.4, -0.2) is 6.61 Å². The van der Waals surface area contributed by atoms with Gasteiger partial charge in [0.15, 0.2) is 0 Å². The first-order valence-corrected chi connectivity index (χ1v) is 6.13. The molecule has 2 heteroatoms. The van der Waals surface area contributed by atoms with E-state index in [9.17, 15) is 0 Å². The van der Waals surface area contributed by atoms with Crippen molar-refractivity contribution in [3.05, 3.63) is 35.9 Å². The number of nitriles is 1. The Morgan fingerprint density at radius 1 is 1.29 bits per heavy atom. The predicted molar refractivity (Wildman–Crippen MR) is 69.4 cm³/mol. The molecular formula is C15H21NO. The molecule has 1 atom stereocenters. The van der Waals surface area contributed by atoms with Crippen LogP contribution < -0.4 is 0 Å². The molecular weight excluding hydrogens is 210 g/mol. The van der Waals surface area contributed by atoms with Crippen molar-refractivity contribution in [2.45, 2.75) is 39.7 Å². The van der Waals surface area contributed by atoms with Crippen LogP contribution in [0, 0.1) is 16.7 Å². The van der Waals surface area contributed by atoms with Gasteiger partial charge in [-0.05, 0) is 39.2 Å². The molecule has 0 bridgehead atoms. The van der Waals surface area contributed by atoms with E-state index < -0.39 is 0 Å². The topological polar surface area (TPSA) is 33.0 Å². The minimum Gasteiger partial charge on any atom is -0.374 e. The van der Waals surface area contributed by atoms with E-state index in [2.05, 4.69) is 25.1 Å². The zero-order chi connectivity index (χ0) is 12.7. The zero-order valence-electron chi connectivity index (χ0n) is 10.9. The van der Waals surface area contributed by atoms with Crippen LogP contribution >= 0.6 is 0 Å². The molecule has 0 heterocycles. The van der Waals surface area contributed by atoms with Gasteiger partial charge in [-0.25, -0.2) is 0 Å². The van der Waals surface area contributed by atoms with Gasteiger partial charge in [0, 0.05) is 6.61 Å². The standard InChI is InChI=1S/C15H21NO/c1-13(14-8-5-4-6-9-14)17-11-7-10-15(2,3)12-16/h4-6,8-9,13H,7,10-11H2,1-3H3. The number of benzene rings is 1. The van der Waals surface area contributed by atoms with Crippen molar-refractivity contribution in [3.63, 3.8) is 0 Å². The molecule has 0 amide bonds. The lowest BCUT2D eigenvalue weighted by Crippen LogP contribution is -2.10. The summed E-state index contributed by atoms with van der Waals surface area (Å²) < 4.78 is 5.76. The van der Waals surface area contributed by atoms with Gasteiger partial charge in [0.25, 0.3) is 0 Å². The zero-order valence-corrected chi connectivity index (χ0v) is 10.9. The lowest BCUT2D eigenvalue weighted by atomic mass is 9.90. The van der Waals surface area contributed by atoms with Gasteiger partial charge < -0.3 is 4.74 Å². The van der Waals surface area contributed by atoms with Crippen molar-refractivity contribution >= 4 is 0 Å². The van der Waals surface area contributed by atoms with E-state index in [0.29, 0.717) is 6.61 Å². The van der Waals surface area contributed by atoms with Crippen LogP contribution in [0.15, 0.2) is 30.3 Å². The van der Waals surface area contributed by atoms with Gasteiger partial charge in [-0.2, -0.15) is 5.26 Å². The summed E-state index contributed by atoms with van der Waals surface area (Å²) in [5, 5.41) is 8.89. The second kappa shape index (κ2) is 6.42. The molecule has 0 aliphatic heterocycles. The molecule has 1 rings (SSSR count). The highest BCUT2D eigenvalue weighted by molar-refractivity contribution is 5.16. The minimum atomic E-state index is -0.237. The first kappa shape index (κ1) is 13.7. The van der Waals surface area contributed by atoms with E-state index in [0.717, 1.165) is 12.8 Å². The molecule has 0 saturated heterocycles. The van der Waals surface area contributed by atoms with Crippen LogP contribution in [0.2, 0.25) is 0 Å². The van der Waals surface area contributed by atoms with E-state index in [4.69, 9.17) is 10.00 Å². The molecule has 1 unspecified atom stereocenters. The van der Waals surface area contributed by atoms with Crippen molar-refractivity contribution < 1.29 is 4.74 Å². The molecule has 0 aliphatic rings. The number of rotatable bonds is 6. The lowest BCUT2D eigenvalue weighted by Gasteiger charge is -2.17. The van der Waals surface area contributed by atoms with Gasteiger partial charge in [-0.1, -0.05) is 30.3 Å². The lowest BCUT2D eigenvalue weighted by molar-refractivity contribution is 0.0598. The molecule has 0 fully saturated rings. The van der Waals surface area contributed by atoms with Crippen LogP contribution in [0.5, 0.6) is 0 Å². The molecule has 0 spiro atoms. The van der Waals surface area contributed by atoms with Crippen LogP contribution in [0.1, 0.15) is 45.3 Å². The van der Waals surface area contributed by atoms with Crippen LogP contribution in [-0.2, 0) is 4.74 Å². The molecule has 92 valence electrons. The fourth-order valence-corrected chi connectivity index (χ4v) is 1.65. The van der Waals surface area contributed by atoms with E-state index >= 15 is 0 Å². The number of ether oxygens (including phenoxy) is 1. The Hall–Kier alpha value is -1.33. The first-order valence-electron chi connectivity index (χ1n) is 6.13. The Kier molecular flexibility index (Phi) is 5.18. The quantitative estimate of drug-likeness (QED) is 0.691. The van der Waals surface area contributed by atoms with Crippen molar-refractivity contribution in [1.29, 1.82) is 5.26 Å². The second-order valence-electron chi connectivity index (χ2n) is 5.02. The molecule has 0 radical (unpaired) electrons. The summed E-state index contributed by atoms with van der Waals surface area (Å²) in [6.07, 6.45) is 1.93. The second-order valence-corrected chi connectivity index (χ2v) is 5.02. The maximum atomic E-state index is 8.89. The van der Waals surface area contributed by atoms with Crippen molar-refractivity contribution in [1.82, 2.24) is 0 Å². The molecule has 0 aromatic heterocycles. The molecule has 0 saturated carbocycles. The first-order chi connectivity index (χ1) is 8.05. The molecule has 17 heavy (non-hydrogen) atoms. The van der Waals surface area contributed by atoms with E-state index in [1.165, 1.54) is 5.56 Å². The Labute approximate surface area is 104 Å². The number of hydrogen-bond acceptors (Lipinski definition) is 2. The summed E-state index contributed by atoms with van der Waals surface area (Å²) in [7, 11) is 0. The Morgan fingerprint density at radius 2 is 1.94 bits per heavy atom. The molecule has 1 aromatic carbocycles. The molecule has 0 aliphatic carbocycles. The van der Waals surface area contributed by atoms with Gasteiger partial charge in [-0.3, -0.25) is 0 Å². The fraction of sp³-hybridized carbons (Fsp3) is 0.533. The van der Waals surface area contributed by atoms with Crippen LogP contribution in [0.4, 0.5) is 0 Å². The summed E-state index contributed by atoms with van der Waals surface area (Å²) in [6, 6.07) is 12.5. The van der Waals surface area contributed by atoms with Gasteiger partial charge >= 0.3 is 0 Å². The summed E-state index contributed by atoms with van der Waals surface area (Å²) >= 11 is 0. The number of hydrogen-bond donors (Lipinski definition) is 0. The summed E-state index contributed by atoms with van der Waals surface area (Å²) in [5.74, 6) is 0. The SMILES string of the molecule is CC(OCCCC(C)(C)C#N)c1ccccc1. The fourth-order valence-electron chi connectivity index (χ4n) is 1.65. The monoisotopic (exact) mass is 231 g/mol. The van der Waals surface area contributed by atoms with Gasteiger partial charge in [0.2, 0.25) is 0 Å². The van der Waals surface area contributed by atoms with Gasteiger partial charge in [0.05, 0.1) is 17.6 Å². The third-order valence-corrected chi connectivity index (χ3v) is 2.89. The van der Waals surface area contributed by atoms with Crippen LogP contribution in [0.3, 0.4) is 0 Å². The Bertz CT molecular complexity index is 364. The van der Waals surface area contributed by atoms with E-state index in [-0.39, 0.29) is 11.5 Å². The van der Waals surface area contributed by atoms with Crippen molar-refractivity contribution in [2.24, 2.45) is 5.41 Å². The molecule has 2 nitrogen and oxygen atoms in total. The maximum Gasteiger partial charge on any atom is 0.0796 e. The maximum absolute atomic E-state index is 8.89. The highest BCUT2D eigenvalue weighted by Gasteiger charge is 2.15. The van der Waals surface area contributed by atoms with Gasteiger partial charge in [-0.15, -0.1) is 0 Å². The van der Waals surface area contributed by atoms with Crippen molar-refractivity contribution in [3.8, 4) is 6.07 Å². The normalized spacial score (nSPS) is 13.1. The third-order valence-electron chi connectivity index (χ3n) is 2.89. The third kappa shape index (κ3) is 5.01. The summed E-state index contributed by atoms with van der Waals surface area (Å²) in [5.41, 5.74) is 0.964. The minimum absolute atomic E-state index is 0.126. The predicted octanol–water partition coefficient (Wildman–Crippen LogP) is 4.09. The summed E-state index contributed by atoms with van der Waals surface area (Å²) in [6.45, 7) is 6.70. The largest absolute Gasteiger partial charge is 0.374 e. The smallest absolute Gasteiger partial charge is 0.0796 e. The average Bonchev–Trinajstić information content (AvgIpc) is 2.35. The Balaban J connectivity index is 2.26. The molecule has 1 aromatic rings.